The van der Waals surface area contributed by atoms with Gasteiger partial charge in [0.15, 0.2) is 5.65 Å². The molecule has 5 heterocycles. The molecule has 2 aliphatic rings. The third-order valence-corrected chi connectivity index (χ3v) is 10.9. The van der Waals surface area contributed by atoms with Crippen LogP contribution in [0.2, 0.25) is 0 Å². The minimum atomic E-state index is -4.72. The van der Waals surface area contributed by atoms with Gasteiger partial charge in [0, 0.05) is 44.0 Å². The zero-order valence-electron chi connectivity index (χ0n) is 25.0. The van der Waals surface area contributed by atoms with E-state index in [0.29, 0.717) is 28.1 Å². The van der Waals surface area contributed by atoms with Crippen molar-refractivity contribution >= 4 is 27.5 Å². The molecular formula is C31H33F3N6O4S. The van der Waals surface area contributed by atoms with Crippen molar-refractivity contribution in [2.45, 2.75) is 69.6 Å². The number of pyridine rings is 2. The van der Waals surface area contributed by atoms with Crippen LogP contribution in [0.3, 0.4) is 0 Å². The Bertz CT molecular complexity index is 1890. The van der Waals surface area contributed by atoms with Gasteiger partial charge in [0.2, 0.25) is 15.8 Å². The maximum absolute atomic E-state index is 14.0. The lowest BCUT2D eigenvalue weighted by Gasteiger charge is -2.36. The van der Waals surface area contributed by atoms with Crippen molar-refractivity contribution < 1.29 is 31.5 Å². The summed E-state index contributed by atoms with van der Waals surface area (Å²) < 4.78 is 71.0. The fraction of sp³-hybridized carbons (Fsp3) is 0.419. The van der Waals surface area contributed by atoms with E-state index in [1.165, 1.54) is 16.6 Å². The van der Waals surface area contributed by atoms with E-state index in [2.05, 4.69) is 20.1 Å². The molecule has 3 atom stereocenters. The number of aliphatic carboxylic acids is 1. The molecule has 6 rings (SSSR count). The van der Waals surface area contributed by atoms with Crippen molar-refractivity contribution in [1.82, 2.24) is 23.9 Å². The van der Waals surface area contributed by atoms with Crippen molar-refractivity contribution in [1.29, 1.82) is 0 Å². The van der Waals surface area contributed by atoms with Crippen molar-refractivity contribution in [2.75, 3.05) is 18.0 Å². The standard InChI is InChI=1S/C31H33F3N6O4S/c1-18-9-10-21(26(20(3)29(41)42)24-11-14-40-27(19(24)2)36-37-30(40)31(32,33)34)15-22(18)16-38-17-23-7-4-5-13-39(23)28-25(45(38,43)44)8-6-12-35-28/h6,8-12,14-15,20,23,26H,4-5,7,13,16-17H2,1-3H3,(H,41,42)/t20?,23?,26-/m1/s1. The number of fused-ring (bicyclic) bond motifs is 4. The quantitative estimate of drug-likeness (QED) is 0.306. The summed E-state index contributed by atoms with van der Waals surface area (Å²) in [5.74, 6) is -3.52. The lowest BCUT2D eigenvalue weighted by Crippen LogP contribution is -2.45. The van der Waals surface area contributed by atoms with Crippen LogP contribution < -0.4 is 4.90 Å². The van der Waals surface area contributed by atoms with Crippen molar-refractivity contribution in [3.8, 4) is 0 Å². The average Bonchev–Trinajstić information content (AvgIpc) is 3.42. The van der Waals surface area contributed by atoms with Gasteiger partial charge in [-0.2, -0.15) is 17.5 Å². The molecule has 238 valence electrons. The normalized spacial score (nSPS) is 19.9. The van der Waals surface area contributed by atoms with Crippen LogP contribution in [0, 0.1) is 19.8 Å². The Morgan fingerprint density at radius 3 is 2.64 bits per heavy atom. The summed E-state index contributed by atoms with van der Waals surface area (Å²) in [6.07, 6.45) is 0.874. The van der Waals surface area contributed by atoms with Gasteiger partial charge in [-0.25, -0.2) is 13.4 Å². The molecule has 14 heteroatoms. The van der Waals surface area contributed by atoms with Gasteiger partial charge in [0.1, 0.15) is 10.7 Å². The van der Waals surface area contributed by atoms with Gasteiger partial charge < -0.3 is 10.0 Å². The highest BCUT2D eigenvalue weighted by Crippen LogP contribution is 2.39. The zero-order valence-corrected chi connectivity index (χ0v) is 25.8. The molecule has 1 aromatic carbocycles. The van der Waals surface area contributed by atoms with E-state index < -0.39 is 39.8 Å². The summed E-state index contributed by atoms with van der Waals surface area (Å²) in [6, 6.07) is 10.1. The van der Waals surface area contributed by atoms with Crippen LogP contribution in [-0.4, -0.2) is 62.5 Å². The number of anilines is 1. The molecular weight excluding hydrogens is 609 g/mol. The van der Waals surface area contributed by atoms with Gasteiger partial charge in [0.25, 0.3) is 0 Å². The second-order valence-corrected chi connectivity index (χ2v) is 13.8. The SMILES string of the molecule is Cc1ccc([C@H](c2ccn3c(C(F)(F)F)nnc3c2C)C(C)C(=O)O)cc1CN1CC2CCCCN2c2ncccc2S1(=O)=O. The van der Waals surface area contributed by atoms with Crippen LogP contribution in [0.4, 0.5) is 19.0 Å². The first-order valence-electron chi connectivity index (χ1n) is 14.7. The van der Waals surface area contributed by atoms with E-state index in [1.807, 2.05) is 19.1 Å². The summed E-state index contributed by atoms with van der Waals surface area (Å²) in [5, 5.41) is 17.2. The number of alkyl halides is 3. The van der Waals surface area contributed by atoms with Crippen molar-refractivity contribution in [3.05, 3.63) is 82.4 Å². The summed E-state index contributed by atoms with van der Waals surface area (Å²) in [6.45, 7) is 6.08. The van der Waals surface area contributed by atoms with Crippen LogP contribution in [-0.2, 0) is 27.5 Å². The Balaban J connectivity index is 1.42. The minimum Gasteiger partial charge on any atom is -0.481 e. The molecule has 0 amide bonds. The van der Waals surface area contributed by atoms with Crippen LogP contribution >= 0.6 is 0 Å². The first kappa shape index (κ1) is 31.0. The summed E-state index contributed by atoms with van der Waals surface area (Å²) >= 11 is 0. The maximum atomic E-state index is 14.0. The predicted octanol–water partition coefficient (Wildman–Crippen LogP) is 5.18. The van der Waals surface area contributed by atoms with E-state index in [-0.39, 0.29) is 29.7 Å². The lowest BCUT2D eigenvalue weighted by molar-refractivity contribution is -0.145. The van der Waals surface area contributed by atoms with E-state index in [1.54, 1.807) is 38.2 Å². The molecule has 3 aromatic heterocycles. The van der Waals surface area contributed by atoms with E-state index >= 15 is 0 Å². The Morgan fingerprint density at radius 2 is 1.91 bits per heavy atom. The van der Waals surface area contributed by atoms with Gasteiger partial charge in [-0.05, 0) is 79.1 Å². The minimum absolute atomic E-state index is 0.0188. The Morgan fingerprint density at radius 1 is 1.13 bits per heavy atom. The molecule has 45 heavy (non-hydrogen) atoms. The molecule has 0 spiro atoms. The highest BCUT2D eigenvalue weighted by molar-refractivity contribution is 7.89. The van der Waals surface area contributed by atoms with Crippen LogP contribution in [0.1, 0.15) is 65.7 Å². The zero-order chi connectivity index (χ0) is 32.3. The highest BCUT2D eigenvalue weighted by Gasteiger charge is 2.40. The average molecular weight is 643 g/mol. The number of sulfonamides is 1. The number of benzene rings is 1. The molecule has 0 radical (unpaired) electrons. The second kappa shape index (κ2) is 11.4. The van der Waals surface area contributed by atoms with Gasteiger partial charge >= 0.3 is 12.1 Å². The predicted molar refractivity (Wildman–Crippen MR) is 159 cm³/mol. The number of aryl methyl sites for hydroxylation is 2. The fourth-order valence-electron chi connectivity index (χ4n) is 6.64. The third kappa shape index (κ3) is 5.43. The number of rotatable bonds is 6. The van der Waals surface area contributed by atoms with Gasteiger partial charge in [-0.3, -0.25) is 9.20 Å². The van der Waals surface area contributed by atoms with Crippen LogP contribution in [0.15, 0.2) is 53.7 Å². The third-order valence-electron chi connectivity index (χ3n) is 9.11. The Labute approximate surface area is 258 Å². The topological polar surface area (TPSA) is 121 Å². The number of hydrogen-bond acceptors (Lipinski definition) is 7. The smallest absolute Gasteiger partial charge is 0.452 e. The molecule has 0 aliphatic carbocycles. The molecule has 0 bridgehead atoms. The van der Waals surface area contributed by atoms with E-state index in [0.717, 1.165) is 35.8 Å². The number of carboxylic acid groups (broad SMARTS) is 1. The molecule has 1 N–H and O–H groups in total. The molecule has 2 aliphatic heterocycles. The van der Waals surface area contributed by atoms with E-state index in [9.17, 15) is 31.5 Å². The number of aromatic nitrogens is 4. The maximum Gasteiger partial charge on any atom is 0.452 e. The molecule has 0 saturated carbocycles. The first-order valence-corrected chi connectivity index (χ1v) is 16.2. The van der Waals surface area contributed by atoms with E-state index in [4.69, 9.17) is 0 Å². The number of hydrogen-bond donors (Lipinski definition) is 1. The van der Waals surface area contributed by atoms with Crippen LogP contribution in [0.5, 0.6) is 0 Å². The van der Waals surface area contributed by atoms with Crippen molar-refractivity contribution in [3.63, 3.8) is 0 Å². The van der Waals surface area contributed by atoms with Crippen molar-refractivity contribution in [2.24, 2.45) is 5.92 Å². The molecule has 10 nitrogen and oxygen atoms in total. The lowest BCUT2D eigenvalue weighted by atomic mass is 9.79. The summed E-state index contributed by atoms with van der Waals surface area (Å²) in [7, 11) is -3.92. The molecule has 1 fully saturated rings. The second-order valence-electron chi connectivity index (χ2n) is 11.9. The first-order chi connectivity index (χ1) is 21.3. The summed E-state index contributed by atoms with van der Waals surface area (Å²) in [5.41, 5.74) is 2.97. The Hall–Kier alpha value is -4.04. The number of nitrogens with zero attached hydrogens (tertiary/aromatic N) is 6. The van der Waals surface area contributed by atoms with Gasteiger partial charge in [-0.1, -0.05) is 25.1 Å². The monoisotopic (exact) mass is 642 g/mol. The van der Waals surface area contributed by atoms with Gasteiger partial charge in [0.05, 0.1) is 5.92 Å². The largest absolute Gasteiger partial charge is 0.481 e. The van der Waals surface area contributed by atoms with Gasteiger partial charge in [-0.15, -0.1) is 10.2 Å². The number of carbonyl (C=O) groups is 1. The van der Waals surface area contributed by atoms with Crippen LogP contribution in [0.25, 0.3) is 5.65 Å². The molecule has 1 saturated heterocycles. The Kier molecular flexibility index (Phi) is 7.84. The number of piperidine rings is 1. The molecule has 2 unspecified atom stereocenters. The molecule has 4 aromatic rings. The summed E-state index contributed by atoms with van der Waals surface area (Å²) in [4.78, 5) is 19.1. The highest BCUT2D eigenvalue weighted by atomic mass is 32.2. The number of carboxylic acids is 1. The fourth-order valence-corrected chi connectivity index (χ4v) is 8.25. The number of halogens is 3.